The highest BCUT2D eigenvalue weighted by molar-refractivity contribution is 7.88. The molecule has 1 N–H and O–H groups in total. The van der Waals surface area contributed by atoms with Crippen molar-refractivity contribution in [1.29, 1.82) is 0 Å². The Kier molecular flexibility index (Phi) is 4.38. The molecule has 2 aliphatic carbocycles. The van der Waals surface area contributed by atoms with Gasteiger partial charge in [-0.05, 0) is 61.7 Å². The predicted octanol–water partition coefficient (Wildman–Crippen LogP) is 2.85. The summed E-state index contributed by atoms with van der Waals surface area (Å²) in [7, 11) is -3.02. The van der Waals surface area contributed by atoms with Crippen molar-refractivity contribution >= 4 is 10.0 Å². The number of nitrogens with one attached hydrogen (secondary N) is 1. The Morgan fingerprint density at radius 3 is 2.17 bits per heavy atom. The van der Waals surface area contributed by atoms with Gasteiger partial charge in [0.05, 0.1) is 6.26 Å². The maximum Gasteiger partial charge on any atom is 0.211 e. The van der Waals surface area contributed by atoms with Crippen LogP contribution in [0.5, 0.6) is 0 Å². The Bertz CT molecular complexity index is 551. The molecule has 0 aromatic heterocycles. The van der Waals surface area contributed by atoms with E-state index in [0.717, 1.165) is 18.8 Å². The molecule has 3 aliphatic rings. The first kappa shape index (κ1) is 17.7. The second kappa shape index (κ2) is 5.70. The first-order valence-corrected chi connectivity index (χ1v) is 11.1. The second-order valence-corrected chi connectivity index (χ2v) is 11.1. The van der Waals surface area contributed by atoms with Crippen LogP contribution >= 0.6 is 0 Å². The molecule has 2 bridgehead atoms. The molecule has 1 saturated heterocycles. The number of hydrogen-bond acceptors (Lipinski definition) is 3. The minimum absolute atomic E-state index is 0.416. The van der Waals surface area contributed by atoms with Gasteiger partial charge < -0.3 is 5.32 Å². The van der Waals surface area contributed by atoms with Gasteiger partial charge in [0.1, 0.15) is 0 Å². The van der Waals surface area contributed by atoms with Gasteiger partial charge in [-0.2, -0.15) is 0 Å². The number of nitrogens with zero attached hydrogens (tertiary/aromatic N) is 1. The van der Waals surface area contributed by atoms with E-state index >= 15 is 0 Å². The van der Waals surface area contributed by atoms with Crippen LogP contribution in [0, 0.1) is 22.7 Å². The fraction of sp³-hybridized carbons (Fsp3) is 1.00. The van der Waals surface area contributed by atoms with Gasteiger partial charge in [-0.25, -0.2) is 12.7 Å². The van der Waals surface area contributed by atoms with Crippen LogP contribution in [-0.2, 0) is 10.0 Å². The molecule has 0 amide bonds. The largest absolute Gasteiger partial charge is 0.311 e. The van der Waals surface area contributed by atoms with Gasteiger partial charge in [0.15, 0.2) is 0 Å². The van der Waals surface area contributed by atoms with Crippen molar-refractivity contribution in [2.45, 2.75) is 71.9 Å². The SMILES string of the molecule is CC(N[C@@H]1C[C@H]2CC[C@]1(C)C2(C)C)C1CCN(S(C)(=O)=O)CC1. The van der Waals surface area contributed by atoms with Crippen LogP contribution in [0.2, 0.25) is 0 Å². The monoisotopic (exact) mass is 342 g/mol. The average Bonchev–Trinajstić information content (AvgIpc) is 2.80. The minimum atomic E-state index is -3.02. The molecular weight excluding hydrogens is 308 g/mol. The highest BCUT2D eigenvalue weighted by atomic mass is 32.2. The van der Waals surface area contributed by atoms with Crippen LogP contribution in [0.25, 0.3) is 0 Å². The van der Waals surface area contributed by atoms with E-state index in [0.29, 0.717) is 41.9 Å². The summed E-state index contributed by atoms with van der Waals surface area (Å²) in [6.07, 6.45) is 7.35. The lowest BCUT2D eigenvalue weighted by molar-refractivity contribution is 0.106. The Hall–Kier alpha value is -0.130. The van der Waals surface area contributed by atoms with Crippen LogP contribution in [-0.4, -0.2) is 44.2 Å². The van der Waals surface area contributed by atoms with Crippen molar-refractivity contribution in [3.8, 4) is 0 Å². The molecule has 4 nitrogen and oxygen atoms in total. The van der Waals surface area contributed by atoms with Crippen LogP contribution in [0.4, 0.5) is 0 Å². The first-order valence-electron chi connectivity index (χ1n) is 9.27. The smallest absolute Gasteiger partial charge is 0.211 e. The summed E-state index contributed by atoms with van der Waals surface area (Å²) >= 11 is 0. The number of fused-ring (bicyclic) bond motifs is 2. The number of hydrogen-bond donors (Lipinski definition) is 1. The van der Waals surface area contributed by atoms with E-state index in [4.69, 9.17) is 0 Å². The molecular formula is C18H34N2O2S. The molecule has 1 unspecified atom stereocenters. The number of sulfonamides is 1. The standard InChI is InChI=1S/C18H34N2O2S/c1-13(14-7-10-20(11-8-14)23(5,21)22)19-16-12-15-6-9-18(16,4)17(15,2)3/h13-16,19H,6-12H2,1-5H3/t13?,15-,16-,18+/m1/s1. The summed E-state index contributed by atoms with van der Waals surface area (Å²) in [6, 6.07) is 1.10. The van der Waals surface area contributed by atoms with E-state index in [2.05, 4.69) is 33.0 Å². The molecule has 0 aromatic rings. The van der Waals surface area contributed by atoms with Gasteiger partial charge in [-0.3, -0.25) is 0 Å². The molecule has 3 rings (SSSR count). The van der Waals surface area contributed by atoms with Crippen molar-refractivity contribution in [2.24, 2.45) is 22.7 Å². The zero-order valence-corrected chi connectivity index (χ0v) is 16.2. The molecule has 0 aromatic carbocycles. The van der Waals surface area contributed by atoms with Crippen LogP contribution in [0.1, 0.15) is 59.8 Å². The van der Waals surface area contributed by atoms with Crippen LogP contribution < -0.4 is 5.32 Å². The normalized spacial score (nSPS) is 39.7. The molecule has 134 valence electrons. The Morgan fingerprint density at radius 2 is 1.74 bits per heavy atom. The van der Waals surface area contributed by atoms with E-state index in [1.807, 2.05) is 0 Å². The summed E-state index contributed by atoms with van der Waals surface area (Å²) in [5.41, 5.74) is 0.865. The average molecular weight is 343 g/mol. The molecule has 3 fully saturated rings. The van der Waals surface area contributed by atoms with Gasteiger partial charge in [-0.1, -0.05) is 20.8 Å². The fourth-order valence-corrected chi connectivity index (χ4v) is 6.49. The lowest BCUT2D eigenvalue weighted by Crippen LogP contribution is -2.51. The summed E-state index contributed by atoms with van der Waals surface area (Å²) in [5, 5.41) is 3.96. The zero-order chi connectivity index (χ0) is 17.0. The molecule has 4 atom stereocenters. The number of piperidine rings is 1. The van der Waals surface area contributed by atoms with E-state index in [1.165, 1.54) is 25.5 Å². The third-order valence-corrected chi connectivity index (χ3v) is 9.24. The molecule has 5 heteroatoms. The van der Waals surface area contributed by atoms with Crippen LogP contribution in [0.3, 0.4) is 0 Å². The molecule has 2 saturated carbocycles. The summed E-state index contributed by atoms with van der Waals surface area (Å²) in [6.45, 7) is 11.1. The van der Waals surface area contributed by atoms with E-state index < -0.39 is 10.0 Å². The number of rotatable bonds is 4. The van der Waals surface area contributed by atoms with Crippen LogP contribution in [0.15, 0.2) is 0 Å². The zero-order valence-electron chi connectivity index (χ0n) is 15.4. The van der Waals surface area contributed by atoms with E-state index in [9.17, 15) is 8.42 Å². The lowest BCUT2D eigenvalue weighted by Gasteiger charge is -2.42. The van der Waals surface area contributed by atoms with E-state index in [-0.39, 0.29) is 0 Å². The van der Waals surface area contributed by atoms with Gasteiger partial charge in [0.25, 0.3) is 0 Å². The van der Waals surface area contributed by atoms with Gasteiger partial charge in [0, 0.05) is 25.2 Å². The highest BCUT2D eigenvalue weighted by Gasteiger charge is 2.61. The summed E-state index contributed by atoms with van der Waals surface area (Å²) < 4.78 is 24.9. The first-order chi connectivity index (χ1) is 10.6. The highest BCUT2D eigenvalue weighted by Crippen LogP contribution is 2.65. The van der Waals surface area contributed by atoms with E-state index in [1.54, 1.807) is 4.31 Å². The Balaban J connectivity index is 1.58. The molecule has 0 radical (unpaired) electrons. The third kappa shape index (κ3) is 2.87. The molecule has 1 heterocycles. The van der Waals surface area contributed by atoms with Gasteiger partial charge >= 0.3 is 0 Å². The fourth-order valence-electron chi connectivity index (χ4n) is 5.62. The topological polar surface area (TPSA) is 49.4 Å². The Labute approximate surface area is 142 Å². The van der Waals surface area contributed by atoms with Crippen molar-refractivity contribution < 1.29 is 8.42 Å². The second-order valence-electron chi connectivity index (χ2n) is 9.12. The maximum atomic E-state index is 11.7. The molecule has 23 heavy (non-hydrogen) atoms. The van der Waals surface area contributed by atoms with Gasteiger partial charge in [0.2, 0.25) is 10.0 Å². The Morgan fingerprint density at radius 1 is 1.13 bits per heavy atom. The van der Waals surface area contributed by atoms with Crippen molar-refractivity contribution in [3.63, 3.8) is 0 Å². The third-order valence-electron chi connectivity index (χ3n) is 7.93. The molecule has 1 aliphatic heterocycles. The van der Waals surface area contributed by atoms with Crippen molar-refractivity contribution in [1.82, 2.24) is 9.62 Å². The van der Waals surface area contributed by atoms with Crippen molar-refractivity contribution in [3.05, 3.63) is 0 Å². The maximum absolute atomic E-state index is 11.7. The van der Waals surface area contributed by atoms with Gasteiger partial charge in [-0.15, -0.1) is 0 Å². The van der Waals surface area contributed by atoms with Crippen molar-refractivity contribution in [2.75, 3.05) is 19.3 Å². The molecule has 0 spiro atoms. The summed E-state index contributed by atoms with van der Waals surface area (Å²) in [4.78, 5) is 0. The lowest BCUT2D eigenvalue weighted by atomic mass is 9.69. The minimum Gasteiger partial charge on any atom is -0.311 e. The predicted molar refractivity (Wildman–Crippen MR) is 94.8 cm³/mol. The quantitative estimate of drug-likeness (QED) is 0.855. The summed E-state index contributed by atoms with van der Waals surface area (Å²) in [5.74, 6) is 1.46.